The number of anilines is 1. The van der Waals surface area contributed by atoms with Gasteiger partial charge in [0.1, 0.15) is 5.75 Å². The van der Waals surface area contributed by atoms with Crippen molar-refractivity contribution in [3.8, 4) is 0 Å². The second-order valence-electron chi connectivity index (χ2n) is 7.06. The van der Waals surface area contributed by atoms with Gasteiger partial charge in [-0.25, -0.2) is 13.4 Å². The summed E-state index contributed by atoms with van der Waals surface area (Å²) in [5, 5.41) is 4.73. The van der Waals surface area contributed by atoms with Crippen molar-refractivity contribution >= 4 is 44.5 Å². The number of hydrogen-bond donors (Lipinski definition) is 1. The fourth-order valence-corrected chi connectivity index (χ4v) is 6.03. The molecule has 0 spiro atoms. The molecular formula is C22H24N2O3S3. The van der Waals surface area contributed by atoms with Crippen LogP contribution >= 0.6 is 23.1 Å². The first-order chi connectivity index (χ1) is 14.3. The Hall–Kier alpha value is -2.16. The van der Waals surface area contributed by atoms with Crippen molar-refractivity contribution in [2.24, 2.45) is 0 Å². The zero-order valence-electron chi connectivity index (χ0n) is 16.9. The number of carbonyl (C=O) groups excluding carboxylic acids is 1. The molecule has 0 bridgehead atoms. The van der Waals surface area contributed by atoms with E-state index >= 15 is 0 Å². The molecule has 1 heterocycles. The van der Waals surface area contributed by atoms with Gasteiger partial charge in [0.05, 0.1) is 5.75 Å². The van der Waals surface area contributed by atoms with Gasteiger partial charge < -0.3 is 5.32 Å². The molecule has 0 atom stereocenters. The van der Waals surface area contributed by atoms with Crippen LogP contribution in [0.3, 0.4) is 0 Å². The molecule has 0 fully saturated rings. The monoisotopic (exact) mass is 460 g/mol. The van der Waals surface area contributed by atoms with Crippen molar-refractivity contribution in [3.05, 3.63) is 70.7 Å². The van der Waals surface area contributed by atoms with Gasteiger partial charge in [0, 0.05) is 21.7 Å². The predicted octanol–water partition coefficient (Wildman–Crippen LogP) is 4.90. The number of rotatable bonds is 9. The lowest BCUT2D eigenvalue weighted by Crippen LogP contribution is -2.25. The average molecular weight is 461 g/mol. The van der Waals surface area contributed by atoms with E-state index < -0.39 is 21.5 Å². The van der Waals surface area contributed by atoms with E-state index in [1.807, 2.05) is 61.7 Å². The maximum absolute atomic E-state index is 12.3. The molecule has 30 heavy (non-hydrogen) atoms. The van der Waals surface area contributed by atoms with Crippen LogP contribution < -0.4 is 5.32 Å². The zero-order valence-corrected chi connectivity index (χ0v) is 19.4. The number of aromatic nitrogens is 1. The number of sulfone groups is 1. The summed E-state index contributed by atoms with van der Waals surface area (Å²) < 4.78 is 25.6. The fourth-order valence-electron chi connectivity index (χ4n) is 2.92. The first kappa shape index (κ1) is 22.5. The highest BCUT2D eigenvalue weighted by Crippen LogP contribution is 2.32. The molecule has 8 heteroatoms. The smallest absolute Gasteiger partial charge is 0.239 e. The summed E-state index contributed by atoms with van der Waals surface area (Å²) in [7, 11) is -3.45. The summed E-state index contributed by atoms with van der Waals surface area (Å²) in [4.78, 5) is 17.7. The lowest BCUT2D eigenvalue weighted by Gasteiger charge is -2.10. The third-order valence-electron chi connectivity index (χ3n) is 4.39. The summed E-state index contributed by atoms with van der Waals surface area (Å²) in [6.45, 7) is 3.85. The highest BCUT2D eigenvalue weighted by Gasteiger charge is 2.17. The second-order valence-corrected chi connectivity index (χ2v) is 11.4. The Labute approximate surface area is 185 Å². The normalized spacial score (nSPS) is 11.4. The molecule has 3 rings (SSSR count). The number of nitrogens with zero attached hydrogens (tertiary/aromatic N) is 1. The number of thiazole rings is 1. The lowest BCUT2D eigenvalue weighted by atomic mass is 10.1. The average Bonchev–Trinajstić information content (AvgIpc) is 3.09. The third kappa shape index (κ3) is 6.97. The van der Waals surface area contributed by atoms with Gasteiger partial charge in [-0.05, 0) is 56.0 Å². The van der Waals surface area contributed by atoms with E-state index in [-0.39, 0.29) is 5.75 Å². The SMILES string of the molecule is Cc1csc(Sc2ccc(NC(=O)CS(=O)(=O)CCCc3ccccc3)c(C)c2)n1. The van der Waals surface area contributed by atoms with Gasteiger partial charge in [0.25, 0.3) is 0 Å². The Bertz CT molecular complexity index is 1110. The van der Waals surface area contributed by atoms with Crippen molar-refractivity contribution in [1.82, 2.24) is 4.98 Å². The number of benzene rings is 2. The molecule has 0 aliphatic heterocycles. The molecular weight excluding hydrogens is 436 g/mol. The minimum Gasteiger partial charge on any atom is -0.325 e. The third-order valence-corrected chi connectivity index (χ3v) is 8.05. The number of carbonyl (C=O) groups is 1. The largest absolute Gasteiger partial charge is 0.325 e. The minimum absolute atomic E-state index is 0.00287. The highest BCUT2D eigenvalue weighted by molar-refractivity contribution is 8.01. The van der Waals surface area contributed by atoms with Crippen LogP contribution in [0.5, 0.6) is 0 Å². The van der Waals surface area contributed by atoms with E-state index in [2.05, 4.69) is 10.3 Å². The molecule has 5 nitrogen and oxygen atoms in total. The summed E-state index contributed by atoms with van der Waals surface area (Å²) in [6.07, 6.45) is 1.18. The number of nitrogens with one attached hydrogen (secondary N) is 1. The number of amides is 1. The minimum atomic E-state index is -3.45. The predicted molar refractivity (Wildman–Crippen MR) is 124 cm³/mol. The molecule has 1 amide bonds. The summed E-state index contributed by atoms with van der Waals surface area (Å²) in [5.74, 6) is -1.01. The molecule has 2 aromatic carbocycles. The highest BCUT2D eigenvalue weighted by atomic mass is 32.2. The molecule has 0 unspecified atom stereocenters. The Morgan fingerprint density at radius 1 is 1.13 bits per heavy atom. The van der Waals surface area contributed by atoms with Crippen molar-refractivity contribution < 1.29 is 13.2 Å². The summed E-state index contributed by atoms with van der Waals surface area (Å²) >= 11 is 3.16. The van der Waals surface area contributed by atoms with Crippen LogP contribution in [0.25, 0.3) is 0 Å². The molecule has 0 saturated heterocycles. The quantitative estimate of drug-likeness (QED) is 0.492. The van der Waals surface area contributed by atoms with E-state index in [4.69, 9.17) is 0 Å². The lowest BCUT2D eigenvalue weighted by molar-refractivity contribution is -0.113. The Morgan fingerprint density at radius 3 is 2.57 bits per heavy atom. The Kier molecular flexibility index (Phi) is 7.69. The Balaban J connectivity index is 1.52. The van der Waals surface area contributed by atoms with Crippen molar-refractivity contribution in [3.63, 3.8) is 0 Å². The van der Waals surface area contributed by atoms with Crippen LogP contribution in [0.15, 0.2) is 63.1 Å². The molecule has 3 aromatic rings. The fraction of sp³-hybridized carbons (Fsp3) is 0.273. The van der Waals surface area contributed by atoms with Crippen LogP contribution in [0.2, 0.25) is 0 Å². The number of hydrogen-bond acceptors (Lipinski definition) is 6. The van der Waals surface area contributed by atoms with Crippen LogP contribution in [0.4, 0.5) is 5.69 Å². The van der Waals surface area contributed by atoms with Gasteiger partial charge in [-0.15, -0.1) is 11.3 Å². The van der Waals surface area contributed by atoms with Gasteiger partial charge >= 0.3 is 0 Å². The van der Waals surface area contributed by atoms with Crippen molar-refractivity contribution in [2.75, 3.05) is 16.8 Å². The van der Waals surface area contributed by atoms with E-state index in [9.17, 15) is 13.2 Å². The van der Waals surface area contributed by atoms with Gasteiger partial charge in [0.15, 0.2) is 14.2 Å². The second kappa shape index (κ2) is 10.2. The van der Waals surface area contributed by atoms with Crippen molar-refractivity contribution in [1.29, 1.82) is 0 Å². The molecule has 0 saturated carbocycles. The van der Waals surface area contributed by atoms with Crippen molar-refractivity contribution in [2.45, 2.75) is 35.9 Å². The topological polar surface area (TPSA) is 76.1 Å². The van der Waals surface area contributed by atoms with Gasteiger partial charge in [-0.1, -0.05) is 42.1 Å². The number of aryl methyl sites for hydroxylation is 3. The van der Waals surface area contributed by atoms with Crippen LogP contribution in [-0.2, 0) is 21.1 Å². The van der Waals surface area contributed by atoms with Crippen LogP contribution in [-0.4, -0.2) is 30.8 Å². The van der Waals surface area contributed by atoms with Crippen LogP contribution in [0, 0.1) is 13.8 Å². The molecule has 158 valence electrons. The van der Waals surface area contributed by atoms with Gasteiger partial charge in [-0.2, -0.15) is 0 Å². The molecule has 0 aliphatic carbocycles. The first-order valence-corrected chi connectivity index (χ1v) is 13.1. The zero-order chi connectivity index (χ0) is 21.6. The first-order valence-electron chi connectivity index (χ1n) is 9.55. The van der Waals surface area contributed by atoms with E-state index in [1.165, 1.54) is 0 Å². The maximum Gasteiger partial charge on any atom is 0.239 e. The van der Waals surface area contributed by atoms with Gasteiger partial charge in [0.2, 0.25) is 5.91 Å². The molecule has 1 N–H and O–H groups in total. The van der Waals surface area contributed by atoms with Gasteiger partial charge in [-0.3, -0.25) is 4.79 Å². The summed E-state index contributed by atoms with van der Waals surface area (Å²) in [5.41, 5.74) is 3.59. The molecule has 0 radical (unpaired) electrons. The Morgan fingerprint density at radius 2 is 1.90 bits per heavy atom. The van der Waals surface area contributed by atoms with E-state index in [0.717, 1.165) is 26.1 Å². The standard InChI is InChI=1S/C22H24N2O3S3/c1-16-13-19(29-22-23-17(2)14-28-22)10-11-20(16)24-21(25)15-30(26,27)12-6-9-18-7-4-3-5-8-18/h3-5,7-8,10-11,13-14H,6,9,12,15H2,1-2H3,(H,24,25). The maximum atomic E-state index is 12.3. The van der Waals surface area contributed by atoms with E-state index in [0.29, 0.717) is 18.5 Å². The molecule has 1 aromatic heterocycles. The summed E-state index contributed by atoms with van der Waals surface area (Å²) in [6, 6.07) is 15.4. The van der Waals surface area contributed by atoms with Crippen LogP contribution in [0.1, 0.15) is 23.2 Å². The van der Waals surface area contributed by atoms with E-state index in [1.54, 1.807) is 29.2 Å². The molecule has 0 aliphatic rings.